The number of hydrogen-bond acceptors (Lipinski definition) is 5. The number of ether oxygens (including phenoxy) is 3. The maximum atomic E-state index is 14.6. The van der Waals surface area contributed by atoms with Crippen molar-refractivity contribution in [1.29, 1.82) is 0 Å². The highest BCUT2D eigenvalue weighted by atomic mass is 19.1. The molecule has 0 atom stereocenters. The molecule has 0 unspecified atom stereocenters. The van der Waals surface area contributed by atoms with Gasteiger partial charge in [-0.15, -0.1) is 0 Å². The predicted octanol–water partition coefficient (Wildman–Crippen LogP) is 2.75. The highest BCUT2D eigenvalue weighted by molar-refractivity contribution is 6.15. The summed E-state index contributed by atoms with van der Waals surface area (Å²) in [6, 6.07) is 8.21. The summed E-state index contributed by atoms with van der Waals surface area (Å²) in [7, 11) is 2.63. The van der Waals surface area contributed by atoms with Crippen LogP contribution in [0.25, 0.3) is 0 Å². The molecule has 0 saturated carbocycles. The second-order valence-electron chi connectivity index (χ2n) is 4.69. The Kier molecular flexibility index (Phi) is 5.49. The summed E-state index contributed by atoms with van der Waals surface area (Å²) in [5.74, 6) is -3.27. The molecule has 0 aliphatic heterocycles. The fourth-order valence-electron chi connectivity index (χ4n) is 2.15. The Bertz CT molecular complexity index is 772. The zero-order valence-corrected chi connectivity index (χ0v) is 13.0. The van der Waals surface area contributed by atoms with E-state index < -0.39 is 23.1 Å². The van der Waals surface area contributed by atoms with Gasteiger partial charge in [-0.25, -0.2) is 9.18 Å². The van der Waals surface area contributed by atoms with Gasteiger partial charge in [-0.1, -0.05) is 18.2 Å². The maximum absolute atomic E-state index is 14.6. The molecular formula is C17H15FO6. The lowest BCUT2D eigenvalue weighted by Crippen LogP contribution is -2.14. The molecule has 0 aromatic heterocycles. The number of ketones is 1. The molecule has 2 rings (SSSR count). The Hall–Kier alpha value is -2.93. The van der Waals surface area contributed by atoms with Gasteiger partial charge in [-0.3, -0.25) is 4.79 Å². The van der Waals surface area contributed by atoms with Gasteiger partial charge in [0.1, 0.15) is 11.3 Å². The molecule has 0 amide bonds. The third-order valence-electron chi connectivity index (χ3n) is 3.25. The zero-order chi connectivity index (χ0) is 17.7. The van der Waals surface area contributed by atoms with E-state index in [1.807, 2.05) is 0 Å². The topological polar surface area (TPSA) is 82.1 Å². The first-order valence-electron chi connectivity index (χ1n) is 6.86. The van der Waals surface area contributed by atoms with E-state index >= 15 is 0 Å². The quantitative estimate of drug-likeness (QED) is 0.619. The average Bonchev–Trinajstić information content (AvgIpc) is 2.59. The van der Waals surface area contributed by atoms with E-state index in [0.717, 1.165) is 0 Å². The lowest BCUT2D eigenvalue weighted by atomic mass is 9.97. The number of carboxylic acids is 1. The highest BCUT2D eigenvalue weighted by Crippen LogP contribution is 2.31. The number of benzene rings is 2. The van der Waals surface area contributed by atoms with E-state index in [4.69, 9.17) is 14.2 Å². The van der Waals surface area contributed by atoms with Crippen molar-refractivity contribution in [3.05, 3.63) is 58.9 Å². The Balaban J connectivity index is 2.61. The van der Waals surface area contributed by atoms with E-state index in [9.17, 15) is 19.1 Å². The normalized spacial score (nSPS) is 10.3. The highest BCUT2D eigenvalue weighted by Gasteiger charge is 2.26. The van der Waals surface area contributed by atoms with Crippen LogP contribution in [0.15, 0.2) is 36.4 Å². The van der Waals surface area contributed by atoms with Gasteiger partial charge in [0.15, 0.2) is 18.4 Å². The lowest BCUT2D eigenvalue weighted by Gasteiger charge is -2.14. The van der Waals surface area contributed by atoms with Crippen LogP contribution in [-0.4, -0.2) is 37.9 Å². The fraction of sp³-hybridized carbons (Fsp3) is 0.176. The van der Waals surface area contributed by atoms with E-state index in [2.05, 4.69) is 0 Å². The van der Waals surface area contributed by atoms with Crippen molar-refractivity contribution in [3.8, 4) is 11.5 Å². The Morgan fingerprint density at radius 1 is 1.04 bits per heavy atom. The number of methoxy groups -OCH3 is 2. The molecule has 0 heterocycles. The fourth-order valence-corrected chi connectivity index (χ4v) is 2.15. The third-order valence-corrected chi connectivity index (χ3v) is 3.25. The van der Waals surface area contributed by atoms with Gasteiger partial charge in [0, 0.05) is 12.7 Å². The van der Waals surface area contributed by atoms with Crippen LogP contribution >= 0.6 is 0 Å². The van der Waals surface area contributed by atoms with Crippen LogP contribution in [0.3, 0.4) is 0 Å². The summed E-state index contributed by atoms with van der Waals surface area (Å²) < 4.78 is 29.5. The molecule has 1 N–H and O–H groups in total. The standard InChI is InChI=1S/C17H15FO6/c1-22-9-24-12-7-8-13(23-2)15(18)14(12)16(19)10-5-3-4-6-11(10)17(20)21/h3-8H,9H2,1-2H3,(H,20,21). The molecule has 0 aliphatic carbocycles. The number of rotatable bonds is 7. The Labute approximate surface area is 137 Å². The van der Waals surface area contributed by atoms with Crippen LogP contribution in [-0.2, 0) is 4.74 Å². The molecular weight excluding hydrogens is 319 g/mol. The number of halogens is 1. The number of carbonyl (C=O) groups is 2. The van der Waals surface area contributed by atoms with Crippen molar-refractivity contribution >= 4 is 11.8 Å². The van der Waals surface area contributed by atoms with Crippen molar-refractivity contribution < 1.29 is 33.3 Å². The first-order valence-corrected chi connectivity index (χ1v) is 6.86. The van der Waals surface area contributed by atoms with Crippen LogP contribution in [0.1, 0.15) is 26.3 Å². The number of carbonyl (C=O) groups excluding carboxylic acids is 1. The molecule has 6 nitrogen and oxygen atoms in total. The first kappa shape index (κ1) is 17.4. The Morgan fingerprint density at radius 3 is 2.25 bits per heavy atom. The molecule has 24 heavy (non-hydrogen) atoms. The summed E-state index contributed by atoms with van der Waals surface area (Å²) in [6.45, 7) is -0.202. The van der Waals surface area contributed by atoms with Gasteiger partial charge < -0.3 is 19.3 Å². The van der Waals surface area contributed by atoms with Gasteiger partial charge in [0.05, 0.1) is 12.7 Å². The van der Waals surface area contributed by atoms with Crippen LogP contribution in [0.4, 0.5) is 4.39 Å². The molecule has 2 aromatic carbocycles. The smallest absolute Gasteiger partial charge is 0.336 e. The van der Waals surface area contributed by atoms with Crippen molar-refractivity contribution in [1.82, 2.24) is 0 Å². The van der Waals surface area contributed by atoms with Gasteiger partial charge >= 0.3 is 5.97 Å². The summed E-state index contributed by atoms with van der Waals surface area (Å²) in [5.41, 5.74) is -0.804. The van der Waals surface area contributed by atoms with Crippen LogP contribution in [0.5, 0.6) is 11.5 Å². The van der Waals surface area contributed by atoms with E-state index in [-0.39, 0.29) is 29.4 Å². The second kappa shape index (κ2) is 7.56. The van der Waals surface area contributed by atoms with Gasteiger partial charge in [0.2, 0.25) is 5.78 Å². The zero-order valence-electron chi connectivity index (χ0n) is 13.0. The number of hydrogen-bond donors (Lipinski definition) is 1. The predicted molar refractivity (Wildman–Crippen MR) is 82.3 cm³/mol. The van der Waals surface area contributed by atoms with Gasteiger partial charge in [-0.05, 0) is 18.2 Å². The van der Waals surface area contributed by atoms with E-state index in [1.54, 1.807) is 0 Å². The summed E-state index contributed by atoms with van der Waals surface area (Å²) in [5, 5.41) is 9.22. The van der Waals surface area contributed by atoms with Crippen molar-refractivity contribution in [3.63, 3.8) is 0 Å². The van der Waals surface area contributed by atoms with E-state index in [0.29, 0.717) is 0 Å². The molecule has 2 aromatic rings. The summed E-state index contributed by atoms with van der Waals surface area (Å²) in [4.78, 5) is 24.1. The van der Waals surface area contributed by atoms with Gasteiger partial charge in [0.25, 0.3) is 0 Å². The molecule has 126 valence electrons. The molecule has 0 bridgehead atoms. The van der Waals surface area contributed by atoms with Crippen LogP contribution in [0, 0.1) is 5.82 Å². The van der Waals surface area contributed by atoms with Crippen LogP contribution < -0.4 is 9.47 Å². The summed E-state index contributed by atoms with van der Waals surface area (Å²) in [6.07, 6.45) is 0. The Morgan fingerprint density at radius 2 is 1.67 bits per heavy atom. The molecule has 0 radical (unpaired) electrons. The third kappa shape index (κ3) is 3.36. The number of aromatic carboxylic acids is 1. The first-order chi connectivity index (χ1) is 11.5. The van der Waals surface area contributed by atoms with E-state index in [1.165, 1.54) is 50.6 Å². The molecule has 0 saturated heterocycles. The molecule has 0 spiro atoms. The lowest BCUT2D eigenvalue weighted by molar-refractivity contribution is 0.0499. The molecule has 0 fully saturated rings. The van der Waals surface area contributed by atoms with Crippen LogP contribution in [0.2, 0.25) is 0 Å². The van der Waals surface area contributed by atoms with Crippen molar-refractivity contribution in [2.45, 2.75) is 0 Å². The minimum absolute atomic E-state index is 0.0691. The molecule has 0 aliphatic rings. The monoisotopic (exact) mass is 334 g/mol. The average molecular weight is 334 g/mol. The summed E-state index contributed by atoms with van der Waals surface area (Å²) >= 11 is 0. The molecule has 7 heteroatoms. The largest absolute Gasteiger partial charge is 0.494 e. The minimum Gasteiger partial charge on any atom is -0.494 e. The minimum atomic E-state index is -1.29. The van der Waals surface area contributed by atoms with Crippen molar-refractivity contribution in [2.24, 2.45) is 0 Å². The number of carboxylic acid groups (broad SMARTS) is 1. The SMILES string of the molecule is COCOc1ccc(OC)c(F)c1C(=O)c1ccccc1C(=O)O. The maximum Gasteiger partial charge on any atom is 0.336 e. The second-order valence-corrected chi connectivity index (χ2v) is 4.69. The van der Waals surface area contributed by atoms with Crippen molar-refractivity contribution in [2.75, 3.05) is 21.0 Å². The van der Waals surface area contributed by atoms with Gasteiger partial charge in [-0.2, -0.15) is 0 Å².